The summed E-state index contributed by atoms with van der Waals surface area (Å²) in [5.41, 5.74) is 5.76. The van der Waals surface area contributed by atoms with Gasteiger partial charge in [0.1, 0.15) is 0 Å². The number of halogens is 1. The summed E-state index contributed by atoms with van der Waals surface area (Å²) in [7, 11) is 0. The number of piperidine rings is 1. The minimum absolute atomic E-state index is 0. The Bertz CT molecular complexity index is 258. The molecule has 0 amide bonds. The number of nitrogens with one attached hydrogen (secondary N) is 1. The standard InChI is InChI=1S/C14H30N4.HI/c1-11(2)17-14(15)16-6-5-7-18-9-12(3)8-13(4)10-18;/h11-13H,5-10H2,1-4H3,(H3,15,16,17);1H. The quantitative estimate of drug-likeness (QED) is 0.332. The molecule has 1 heterocycles. The number of likely N-dealkylation sites (tertiary alicyclic amines) is 1. The van der Waals surface area contributed by atoms with E-state index in [0.29, 0.717) is 12.0 Å². The maximum atomic E-state index is 5.76. The Kier molecular flexibility index (Phi) is 9.78. The number of guanidine groups is 1. The summed E-state index contributed by atoms with van der Waals surface area (Å²) in [6.07, 6.45) is 2.47. The summed E-state index contributed by atoms with van der Waals surface area (Å²) in [6, 6.07) is 0.359. The second-order valence-corrected chi connectivity index (χ2v) is 6.13. The van der Waals surface area contributed by atoms with Crippen molar-refractivity contribution in [3.63, 3.8) is 0 Å². The summed E-state index contributed by atoms with van der Waals surface area (Å²) in [5, 5.41) is 3.11. The lowest BCUT2D eigenvalue weighted by Gasteiger charge is -2.34. The van der Waals surface area contributed by atoms with Gasteiger partial charge < -0.3 is 16.0 Å². The second-order valence-electron chi connectivity index (χ2n) is 6.13. The molecule has 19 heavy (non-hydrogen) atoms. The van der Waals surface area contributed by atoms with Gasteiger partial charge in [0.25, 0.3) is 0 Å². The number of nitrogens with zero attached hydrogens (tertiary/aromatic N) is 2. The van der Waals surface area contributed by atoms with Crippen LogP contribution in [0.5, 0.6) is 0 Å². The van der Waals surface area contributed by atoms with Crippen molar-refractivity contribution in [2.75, 3.05) is 26.2 Å². The van der Waals surface area contributed by atoms with Crippen molar-refractivity contribution in [1.29, 1.82) is 0 Å². The van der Waals surface area contributed by atoms with Crippen molar-refractivity contribution in [3.05, 3.63) is 0 Å². The molecule has 0 radical (unpaired) electrons. The van der Waals surface area contributed by atoms with Gasteiger partial charge in [0.15, 0.2) is 5.96 Å². The third-order valence-corrected chi connectivity index (χ3v) is 3.30. The molecule has 2 unspecified atom stereocenters. The molecule has 4 nitrogen and oxygen atoms in total. The van der Waals surface area contributed by atoms with Crippen LogP contribution in [0.25, 0.3) is 0 Å². The second kappa shape index (κ2) is 9.80. The number of rotatable bonds is 5. The van der Waals surface area contributed by atoms with Crippen molar-refractivity contribution >= 4 is 29.9 Å². The van der Waals surface area contributed by atoms with Crippen molar-refractivity contribution in [2.45, 2.75) is 46.6 Å². The van der Waals surface area contributed by atoms with Gasteiger partial charge in [-0.3, -0.25) is 4.99 Å². The summed E-state index contributed by atoms with van der Waals surface area (Å²) >= 11 is 0. The van der Waals surface area contributed by atoms with Crippen LogP contribution < -0.4 is 11.1 Å². The Morgan fingerprint density at radius 2 is 1.89 bits per heavy atom. The summed E-state index contributed by atoms with van der Waals surface area (Å²) in [5.74, 6) is 2.25. The monoisotopic (exact) mass is 382 g/mol. The fraction of sp³-hybridized carbons (Fsp3) is 0.929. The highest BCUT2D eigenvalue weighted by Crippen LogP contribution is 2.20. The third kappa shape index (κ3) is 8.68. The largest absolute Gasteiger partial charge is 0.370 e. The number of hydrogen-bond donors (Lipinski definition) is 2. The Morgan fingerprint density at radius 1 is 1.32 bits per heavy atom. The van der Waals surface area contributed by atoms with Crippen molar-refractivity contribution in [2.24, 2.45) is 22.6 Å². The first-order valence-electron chi connectivity index (χ1n) is 7.26. The Morgan fingerprint density at radius 3 is 2.42 bits per heavy atom. The molecule has 0 bridgehead atoms. The number of nitrogens with two attached hydrogens (primary N) is 1. The van der Waals surface area contributed by atoms with Crippen molar-refractivity contribution in [1.82, 2.24) is 10.2 Å². The average molecular weight is 382 g/mol. The first kappa shape index (κ1) is 19.0. The smallest absolute Gasteiger partial charge is 0.188 e. The van der Waals surface area contributed by atoms with Gasteiger partial charge in [0, 0.05) is 25.7 Å². The normalized spacial score (nSPS) is 25.2. The zero-order valence-corrected chi connectivity index (χ0v) is 15.2. The minimum atomic E-state index is 0. The summed E-state index contributed by atoms with van der Waals surface area (Å²) in [6.45, 7) is 13.3. The lowest BCUT2D eigenvalue weighted by molar-refractivity contribution is 0.140. The van der Waals surface area contributed by atoms with Gasteiger partial charge in [0.05, 0.1) is 0 Å². The van der Waals surface area contributed by atoms with Gasteiger partial charge in [-0.05, 0) is 45.1 Å². The van der Waals surface area contributed by atoms with E-state index >= 15 is 0 Å². The van der Waals surface area contributed by atoms with Gasteiger partial charge in [-0.1, -0.05) is 13.8 Å². The maximum absolute atomic E-state index is 5.76. The molecule has 0 aromatic carbocycles. The van der Waals surface area contributed by atoms with Crippen LogP contribution in [0.3, 0.4) is 0 Å². The van der Waals surface area contributed by atoms with Crippen LogP contribution in [-0.2, 0) is 0 Å². The average Bonchev–Trinajstić information content (AvgIpc) is 2.22. The molecule has 0 aromatic rings. The number of hydrogen-bond acceptors (Lipinski definition) is 2. The first-order valence-corrected chi connectivity index (χ1v) is 7.26. The molecule has 3 N–H and O–H groups in total. The molecular formula is C14H31IN4. The molecule has 1 rings (SSSR count). The topological polar surface area (TPSA) is 53.6 Å². The molecular weight excluding hydrogens is 351 g/mol. The lowest BCUT2D eigenvalue weighted by Crippen LogP contribution is -2.39. The zero-order chi connectivity index (χ0) is 13.5. The zero-order valence-electron chi connectivity index (χ0n) is 12.9. The van der Waals surface area contributed by atoms with Crippen LogP contribution in [0.1, 0.15) is 40.5 Å². The maximum Gasteiger partial charge on any atom is 0.188 e. The van der Waals surface area contributed by atoms with Gasteiger partial charge >= 0.3 is 0 Å². The molecule has 0 aromatic heterocycles. The van der Waals surface area contributed by atoms with Gasteiger partial charge in [-0.15, -0.1) is 24.0 Å². The van der Waals surface area contributed by atoms with Crippen LogP contribution in [0, 0.1) is 11.8 Å². The van der Waals surface area contributed by atoms with Crippen LogP contribution >= 0.6 is 24.0 Å². The fourth-order valence-electron chi connectivity index (χ4n) is 2.81. The van der Waals surface area contributed by atoms with E-state index in [1.807, 2.05) is 0 Å². The van der Waals surface area contributed by atoms with Crippen LogP contribution in [0.15, 0.2) is 4.99 Å². The molecule has 1 saturated heterocycles. The van der Waals surface area contributed by atoms with Crippen LogP contribution in [0.4, 0.5) is 0 Å². The molecule has 1 aliphatic heterocycles. The Hall–Kier alpha value is -0.0400. The molecule has 0 saturated carbocycles. The van der Waals surface area contributed by atoms with E-state index < -0.39 is 0 Å². The molecule has 0 aliphatic carbocycles. The summed E-state index contributed by atoms with van der Waals surface area (Å²) in [4.78, 5) is 6.91. The highest BCUT2D eigenvalue weighted by molar-refractivity contribution is 14.0. The van der Waals surface area contributed by atoms with E-state index in [0.717, 1.165) is 31.3 Å². The van der Waals surface area contributed by atoms with Gasteiger partial charge in [-0.25, -0.2) is 0 Å². The predicted molar refractivity (Wildman–Crippen MR) is 94.2 cm³/mol. The van der Waals surface area contributed by atoms with E-state index in [1.54, 1.807) is 0 Å². The first-order chi connectivity index (χ1) is 8.47. The third-order valence-electron chi connectivity index (χ3n) is 3.30. The molecule has 0 spiro atoms. The van der Waals surface area contributed by atoms with Crippen LogP contribution in [-0.4, -0.2) is 43.1 Å². The van der Waals surface area contributed by atoms with E-state index in [2.05, 4.69) is 42.9 Å². The molecule has 2 atom stereocenters. The highest BCUT2D eigenvalue weighted by Gasteiger charge is 2.20. The van der Waals surface area contributed by atoms with Crippen molar-refractivity contribution in [3.8, 4) is 0 Å². The summed E-state index contributed by atoms with van der Waals surface area (Å²) < 4.78 is 0. The van der Waals surface area contributed by atoms with Gasteiger partial charge in [-0.2, -0.15) is 0 Å². The van der Waals surface area contributed by atoms with E-state index in [-0.39, 0.29) is 24.0 Å². The Balaban J connectivity index is 0.00000324. The van der Waals surface area contributed by atoms with E-state index in [4.69, 9.17) is 5.73 Å². The minimum Gasteiger partial charge on any atom is -0.370 e. The van der Waals surface area contributed by atoms with Crippen LogP contribution in [0.2, 0.25) is 0 Å². The predicted octanol–water partition coefficient (Wildman–Crippen LogP) is 2.29. The van der Waals surface area contributed by atoms with Crippen molar-refractivity contribution < 1.29 is 0 Å². The molecule has 1 aliphatic rings. The SMILES string of the molecule is CC1CC(C)CN(CCCN=C(N)NC(C)C)C1.I. The van der Waals surface area contributed by atoms with E-state index in [1.165, 1.54) is 19.5 Å². The molecule has 114 valence electrons. The Labute approximate surface area is 135 Å². The lowest BCUT2D eigenvalue weighted by atomic mass is 9.92. The molecule has 5 heteroatoms. The highest BCUT2D eigenvalue weighted by atomic mass is 127. The van der Waals surface area contributed by atoms with E-state index in [9.17, 15) is 0 Å². The van der Waals surface area contributed by atoms with Gasteiger partial charge in [0.2, 0.25) is 0 Å². The number of aliphatic imine (C=N–C) groups is 1. The molecule has 1 fully saturated rings. The fourth-order valence-corrected chi connectivity index (χ4v) is 2.81.